The van der Waals surface area contributed by atoms with Gasteiger partial charge in [0.05, 0.1) is 18.2 Å². The average Bonchev–Trinajstić information content (AvgIpc) is 2.81. The van der Waals surface area contributed by atoms with Crippen molar-refractivity contribution in [3.8, 4) is 6.07 Å². The van der Waals surface area contributed by atoms with Gasteiger partial charge < -0.3 is 5.32 Å². The molecule has 2 aromatic carbocycles. The number of aryl methyl sites for hydroxylation is 1. The van der Waals surface area contributed by atoms with Crippen LogP contribution >= 0.6 is 0 Å². The highest BCUT2D eigenvalue weighted by molar-refractivity contribution is 6.07. The molecule has 0 radical (unpaired) electrons. The Balaban J connectivity index is 1.70. The van der Waals surface area contributed by atoms with Crippen LogP contribution in [0.1, 0.15) is 41.5 Å². The summed E-state index contributed by atoms with van der Waals surface area (Å²) in [5, 5.41) is 12.0. The van der Waals surface area contributed by atoms with Crippen molar-refractivity contribution in [3.63, 3.8) is 0 Å². The zero-order valence-corrected chi connectivity index (χ0v) is 14.4. The van der Waals surface area contributed by atoms with Crippen molar-refractivity contribution in [2.45, 2.75) is 37.8 Å². The molecule has 2 aromatic rings. The summed E-state index contributed by atoms with van der Waals surface area (Å²) in [6.07, 6.45) is 3.43. The van der Waals surface area contributed by atoms with Crippen molar-refractivity contribution in [3.05, 3.63) is 70.8 Å². The van der Waals surface area contributed by atoms with Crippen LogP contribution in [0.3, 0.4) is 0 Å². The number of benzene rings is 2. The number of nitrogens with zero attached hydrogens (tertiary/aromatic N) is 2. The predicted octanol–water partition coefficient (Wildman–Crippen LogP) is 3.23. The maximum atomic E-state index is 13.3. The molecule has 1 aliphatic carbocycles. The van der Waals surface area contributed by atoms with Crippen molar-refractivity contribution in [2.75, 3.05) is 0 Å². The molecule has 0 saturated carbocycles. The van der Waals surface area contributed by atoms with Gasteiger partial charge in [-0.05, 0) is 54.5 Å². The minimum Gasteiger partial charge on any atom is -0.319 e. The number of rotatable bonds is 2. The van der Waals surface area contributed by atoms with E-state index >= 15 is 0 Å². The van der Waals surface area contributed by atoms with Crippen molar-refractivity contribution in [2.24, 2.45) is 0 Å². The summed E-state index contributed by atoms with van der Waals surface area (Å²) >= 11 is 0. The lowest BCUT2D eigenvalue weighted by molar-refractivity contribution is -0.132. The molecule has 1 fully saturated rings. The maximum Gasteiger partial charge on any atom is 0.325 e. The minimum atomic E-state index is -0.961. The SMILES string of the molecule is N#Cc1cccc(CN2C(=O)N[C@@]3(CCCCc4ccccc43)C2=O)c1. The minimum absolute atomic E-state index is 0.171. The number of carbonyl (C=O) groups is 2. The van der Waals surface area contributed by atoms with Gasteiger partial charge in [-0.3, -0.25) is 9.69 Å². The molecule has 5 nitrogen and oxygen atoms in total. The van der Waals surface area contributed by atoms with E-state index in [1.54, 1.807) is 18.2 Å². The third kappa shape index (κ3) is 2.55. The van der Waals surface area contributed by atoms with Gasteiger partial charge in [0, 0.05) is 0 Å². The summed E-state index contributed by atoms with van der Waals surface area (Å²) in [6, 6.07) is 16.6. The molecule has 3 amide bonds. The lowest BCUT2D eigenvalue weighted by Crippen LogP contribution is -2.44. The second-order valence-corrected chi connectivity index (χ2v) is 6.90. The molecule has 1 heterocycles. The van der Waals surface area contributed by atoms with E-state index in [-0.39, 0.29) is 18.5 Å². The highest BCUT2D eigenvalue weighted by atomic mass is 16.2. The van der Waals surface area contributed by atoms with Gasteiger partial charge in [0.2, 0.25) is 0 Å². The monoisotopic (exact) mass is 345 g/mol. The second-order valence-electron chi connectivity index (χ2n) is 6.90. The van der Waals surface area contributed by atoms with Gasteiger partial charge in [-0.25, -0.2) is 4.79 Å². The van der Waals surface area contributed by atoms with Crippen LogP contribution in [0.5, 0.6) is 0 Å². The van der Waals surface area contributed by atoms with Gasteiger partial charge >= 0.3 is 6.03 Å². The number of imide groups is 1. The summed E-state index contributed by atoms with van der Waals surface area (Å²) in [6.45, 7) is 0.171. The van der Waals surface area contributed by atoms with Gasteiger partial charge in [-0.1, -0.05) is 36.4 Å². The molecule has 1 aliphatic heterocycles. The van der Waals surface area contributed by atoms with Crippen LogP contribution in [0.25, 0.3) is 0 Å². The van der Waals surface area contributed by atoms with E-state index in [4.69, 9.17) is 5.26 Å². The lowest BCUT2D eigenvalue weighted by atomic mass is 9.84. The molecule has 130 valence electrons. The topological polar surface area (TPSA) is 73.2 Å². The van der Waals surface area contributed by atoms with Gasteiger partial charge in [0.15, 0.2) is 0 Å². The first kappa shape index (κ1) is 16.3. The Morgan fingerprint density at radius 2 is 1.96 bits per heavy atom. The van der Waals surface area contributed by atoms with Crippen LogP contribution in [0, 0.1) is 11.3 Å². The molecule has 2 aliphatic rings. The number of urea groups is 1. The Hall–Kier alpha value is -3.13. The first-order valence-electron chi connectivity index (χ1n) is 8.85. The largest absolute Gasteiger partial charge is 0.325 e. The summed E-state index contributed by atoms with van der Waals surface area (Å²) in [4.78, 5) is 27.3. The second kappa shape index (κ2) is 6.30. The van der Waals surface area contributed by atoms with E-state index < -0.39 is 5.54 Å². The standard InChI is InChI=1S/C21H19N3O2/c22-13-15-6-5-7-16(12-15)14-24-19(25)21(23-20(24)26)11-4-3-9-17-8-1-2-10-18(17)21/h1-2,5-8,10,12H,3-4,9,11,14H2,(H,23,26)/t21-/m1/s1. The zero-order chi connectivity index (χ0) is 18.1. The fraction of sp³-hybridized carbons (Fsp3) is 0.286. The Morgan fingerprint density at radius 1 is 1.12 bits per heavy atom. The molecule has 0 bridgehead atoms. The predicted molar refractivity (Wildman–Crippen MR) is 95.9 cm³/mol. The number of carbonyl (C=O) groups excluding carboxylic acids is 2. The molecule has 0 unspecified atom stereocenters. The van der Waals surface area contributed by atoms with E-state index in [9.17, 15) is 9.59 Å². The van der Waals surface area contributed by atoms with Gasteiger partial charge in [-0.2, -0.15) is 5.26 Å². The number of hydrogen-bond donors (Lipinski definition) is 1. The Bertz CT molecular complexity index is 931. The molecule has 1 atom stereocenters. The molecule has 26 heavy (non-hydrogen) atoms. The van der Waals surface area contributed by atoms with Crippen molar-refractivity contribution in [1.29, 1.82) is 5.26 Å². The van der Waals surface area contributed by atoms with E-state index in [2.05, 4.69) is 11.4 Å². The number of nitrogens with one attached hydrogen (secondary N) is 1. The molecule has 1 spiro atoms. The molecule has 4 rings (SSSR count). The van der Waals surface area contributed by atoms with Gasteiger partial charge in [0.1, 0.15) is 5.54 Å². The third-order valence-corrected chi connectivity index (χ3v) is 5.30. The van der Waals surface area contributed by atoms with Crippen molar-refractivity contribution >= 4 is 11.9 Å². The van der Waals surface area contributed by atoms with E-state index in [0.717, 1.165) is 36.0 Å². The van der Waals surface area contributed by atoms with Crippen molar-refractivity contribution < 1.29 is 9.59 Å². The molecule has 1 N–H and O–H groups in total. The Kier molecular flexibility index (Phi) is 3.96. The fourth-order valence-corrected chi connectivity index (χ4v) is 4.04. The van der Waals surface area contributed by atoms with Crippen LogP contribution in [-0.4, -0.2) is 16.8 Å². The molecule has 0 aromatic heterocycles. The lowest BCUT2D eigenvalue weighted by Gasteiger charge is -2.27. The zero-order valence-electron chi connectivity index (χ0n) is 14.4. The molecular weight excluding hydrogens is 326 g/mol. The van der Waals surface area contributed by atoms with Crippen LogP contribution < -0.4 is 5.32 Å². The molecular formula is C21H19N3O2. The summed E-state index contributed by atoms with van der Waals surface area (Å²) < 4.78 is 0. The Labute approximate surface area is 152 Å². The first-order chi connectivity index (χ1) is 12.6. The number of nitriles is 1. The van der Waals surface area contributed by atoms with E-state index in [1.807, 2.05) is 30.3 Å². The van der Waals surface area contributed by atoms with Crippen LogP contribution in [0.2, 0.25) is 0 Å². The summed E-state index contributed by atoms with van der Waals surface area (Å²) in [5.41, 5.74) is 2.38. The smallest absolute Gasteiger partial charge is 0.319 e. The van der Waals surface area contributed by atoms with Crippen LogP contribution in [0.15, 0.2) is 48.5 Å². The normalized spacial score (nSPS) is 21.9. The van der Waals surface area contributed by atoms with Gasteiger partial charge in [-0.15, -0.1) is 0 Å². The fourth-order valence-electron chi connectivity index (χ4n) is 4.04. The number of fused-ring (bicyclic) bond motifs is 2. The maximum absolute atomic E-state index is 13.3. The van der Waals surface area contributed by atoms with Crippen molar-refractivity contribution in [1.82, 2.24) is 10.2 Å². The van der Waals surface area contributed by atoms with Crippen LogP contribution in [-0.2, 0) is 23.3 Å². The Morgan fingerprint density at radius 3 is 2.81 bits per heavy atom. The molecule has 5 heteroatoms. The summed E-state index contributed by atoms with van der Waals surface area (Å²) in [5.74, 6) is -0.195. The molecule has 1 saturated heterocycles. The highest BCUT2D eigenvalue weighted by Crippen LogP contribution is 2.39. The third-order valence-electron chi connectivity index (χ3n) is 5.30. The number of hydrogen-bond acceptors (Lipinski definition) is 3. The van der Waals surface area contributed by atoms with Gasteiger partial charge in [0.25, 0.3) is 5.91 Å². The quantitative estimate of drug-likeness (QED) is 0.849. The van der Waals surface area contributed by atoms with E-state index in [0.29, 0.717) is 12.0 Å². The van der Waals surface area contributed by atoms with Crippen LogP contribution in [0.4, 0.5) is 4.79 Å². The average molecular weight is 345 g/mol. The summed E-state index contributed by atoms with van der Waals surface area (Å²) in [7, 11) is 0. The first-order valence-corrected chi connectivity index (χ1v) is 8.85. The number of amides is 3. The van der Waals surface area contributed by atoms with E-state index in [1.165, 1.54) is 4.90 Å². The highest BCUT2D eigenvalue weighted by Gasteiger charge is 2.53.